The van der Waals surface area contributed by atoms with Crippen LogP contribution in [0.5, 0.6) is 0 Å². The summed E-state index contributed by atoms with van der Waals surface area (Å²) in [4.78, 5) is 7.35. The van der Waals surface area contributed by atoms with Gasteiger partial charge in [0.1, 0.15) is 17.2 Å². The van der Waals surface area contributed by atoms with Crippen molar-refractivity contribution >= 4 is 29.4 Å². The maximum absolute atomic E-state index is 13.6. The molecule has 128 valence electrons. The van der Waals surface area contributed by atoms with Crippen LogP contribution in [0, 0.1) is 11.2 Å². The molecule has 2 rings (SSSR count). The zero-order valence-electron chi connectivity index (χ0n) is 12.7. The number of nitrogens with one attached hydrogen (secondary N) is 4. The summed E-state index contributed by atoms with van der Waals surface area (Å²) >= 11 is 0. The molecule has 1 heterocycles. The molecule has 0 saturated carbocycles. The van der Waals surface area contributed by atoms with Crippen LogP contribution in [0.4, 0.5) is 40.7 Å². The lowest BCUT2D eigenvalue weighted by Crippen LogP contribution is -2.13. The van der Waals surface area contributed by atoms with E-state index in [1.54, 1.807) is 7.05 Å². The summed E-state index contributed by atoms with van der Waals surface area (Å²) in [5.74, 6) is -1.17. The molecule has 6 nitrogen and oxygen atoms in total. The van der Waals surface area contributed by atoms with Crippen LogP contribution in [0.25, 0.3) is 0 Å². The van der Waals surface area contributed by atoms with Crippen molar-refractivity contribution in [1.29, 1.82) is 5.41 Å². The smallest absolute Gasteiger partial charge is 0.387 e. The summed E-state index contributed by atoms with van der Waals surface area (Å²) in [7, 11) is 2.85. The molecular formula is C14H14F4N6. The predicted molar refractivity (Wildman–Crippen MR) is 83.7 cm³/mol. The van der Waals surface area contributed by atoms with Gasteiger partial charge in [0.05, 0.1) is 5.69 Å². The van der Waals surface area contributed by atoms with Gasteiger partial charge in [-0.3, -0.25) is 0 Å². The monoisotopic (exact) mass is 342 g/mol. The second-order valence-electron chi connectivity index (χ2n) is 4.64. The Kier molecular flexibility index (Phi) is 4.86. The van der Waals surface area contributed by atoms with E-state index in [2.05, 4.69) is 25.9 Å². The van der Waals surface area contributed by atoms with E-state index in [0.717, 1.165) is 12.3 Å². The average Bonchev–Trinajstić information content (AvgIpc) is 2.53. The van der Waals surface area contributed by atoms with E-state index in [1.165, 1.54) is 13.1 Å². The van der Waals surface area contributed by atoms with E-state index in [9.17, 15) is 17.6 Å². The third kappa shape index (κ3) is 3.53. The van der Waals surface area contributed by atoms with Gasteiger partial charge in [-0.15, -0.1) is 0 Å². The van der Waals surface area contributed by atoms with E-state index in [4.69, 9.17) is 5.41 Å². The van der Waals surface area contributed by atoms with Crippen molar-refractivity contribution in [2.75, 3.05) is 30.0 Å². The largest absolute Gasteiger partial charge is 0.421 e. The van der Waals surface area contributed by atoms with Gasteiger partial charge in [-0.1, -0.05) is 0 Å². The Hall–Kier alpha value is -2.91. The number of hydrogen-bond donors (Lipinski definition) is 4. The number of alkyl halides is 3. The van der Waals surface area contributed by atoms with Crippen molar-refractivity contribution in [3.63, 3.8) is 0 Å². The van der Waals surface area contributed by atoms with Crippen LogP contribution in [-0.2, 0) is 6.18 Å². The van der Waals surface area contributed by atoms with Crippen molar-refractivity contribution in [2.45, 2.75) is 6.18 Å². The second-order valence-corrected chi connectivity index (χ2v) is 4.64. The Balaban J connectivity index is 2.45. The number of halogens is 4. The molecule has 0 saturated heterocycles. The van der Waals surface area contributed by atoms with E-state index < -0.39 is 23.4 Å². The van der Waals surface area contributed by atoms with Crippen LogP contribution in [-0.4, -0.2) is 30.3 Å². The predicted octanol–water partition coefficient (Wildman–Crippen LogP) is 3.46. The van der Waals surface area contributed by atoms with Crippen LogP contribution >= 0.6 is 0 Å². The van der Waals surface area contributed by atoms with Crippen molar-refractivity contribution < 1.29 is 17.6 Å². The molecule has 0 amide bonds. The van der Waals surface area contributed by atoms with Crippen LogP contribution in [0.15, 0.2) is 18.3 Å². The average molecular weight is 342 g/mol. The van der Waals surface area contributed by atoms with Gasteiger partial charge in [0.2, 0.25) is 5.95 Å². The highest BCUT2D eigenvalue weighted by atomic mass is 19.4. The summed E-state index contributed by atoms with van der Waals surface area (Å²) in [5, 5.41) is 15.1. The highest BCUT2D eigenvalue weighted by molar-refractivity contribution is 5.94. The van der Waals surface area contributed by atoms with Crippen LogP contribution < -0.4 is 16.0 Å². The molecule has 0 fully saturated rings. The normalized spacial score (nSPS) is 11.1. The molecule has 0 aliphatic rings. The first kappa shape index (κ1) is 17.4. The number of anilines is 4. The highest BCUT2D eigenvalue weighted by Crippen LogP contribution is 2.34. The van der Waals surface area contributed by atoms with Crippen LogP contribution in [0.3, 0.4) is 0 Å². The number of nitrogens with zero attached hydrogens (tertiary/aromatic N) is 2. The Morgan fingerprint density at radius 1 is 1.12 bits per heavy atom. The van der Waals surface area contributed by atoms with E-state index in [1.807, 2.05) is 0 Å². The number of rotatable bonds is 5. The summed E-state index contributed by atoms with van der Waals surface area (Å²) in [6.07, 6.45) is -2.99. The molecule has 0 aliphatic heterocycles. The molecule has 10 heteroatoms. The standard InChI is InChI=1S/C14H14F4N6/c1-20-10-3-7(15)4-11(8(10)5-19)23-13-22-6-9(14(16,17)18)12(21-2)24-13/h3-6,19-20H,1-2H3,(H2,21,22,23,24). The Morgan fingerprint density at radius 3 is 2.33 bits per heavy atom. The van der Waals surface area contributed by atoms with Gasteiger partial charge in [-0.05, 0) is 12.1 Å². The van der Waals surface area contributed by atoms with Gasteiger partial charge in [-0.2, -0.15) is 18.2 Å². The molecule has 0 atom stereocenters. The third-order valence-electron chi connectivity index (χ3n) is 3.14. The molecule has 0 unspecified atom stereocenters. The molecule has 4 N–H and O–H groups in total. The number of benzene rings is 1. The van der Waals surface area contributed by atoms with Gasteiger partial charge in [0.25, 0.3) is 0 Å². The van der Waals surface area contributed by atoms with E-state index >= 15 is 0 Å². The van der Waals surface area contributed by atoms with E-state index in [0.29, 0.717) is 17.4 Å². The molecule has 0 aliphatic carbocycles. The molecule has 0 radical (unpaired) electrons. The first-order valence-corrected chi connectivity index (χ1v) is 6.71. The number of hydrogen-bond acceptors (Lipinski definition) is 6. The molecule has 1 aromatic carbocycles. The minimum Gasteiger partial charge on any atom is -0.387 e. The first-order valence-electron chi connectivity index (χ1n) is 6.71. The van der Waals surface area contributed by atoms with Gasteiger partial charge in [0.15, 0.2) is 0 Å². The lowest BCUT2D eigenvalue weighted by Gasteiger charge is -2.15. The highest BCUT2D eigenvalue weighted by Gasteiger charge is 2.35. The topological polar surface area (TPSA) is 85.7 Å². The lowest BCUT2D eigenvalue weighted by atomic mass is 10.1. The molecule has 2 aromatic rings. The zero-order valence-corrected chi connectivity index (χ0v) is 12.7. The number of aromatic nitrogens is 2. The van der Waals surface area contributed by atoms with Crippen molar-refractivity contribution in [3.05, 3.63) is 35.3 Å². The summed E-state index contributed by atoms with van der Waals surface area (Å²) in [6, 6.07) is 2.29. The molecular weight excluding hydrogens is 328 g/mol. The fourth-order valence-electron chi connectivity index (χ4n) is 2.04. The molecule has 0 bridgehead atoms. The minimum atomic E-state index is -4.60. The summed E-state index contributed by atoms with van der Waals surface area (Å²) in [5.41, 5.74) is -0.212. The van der Waals surface area contributed by atoms with Crippen LogP contribution in [0.1, 0.15) is 11.1 Å². The summed E-state index contributed by atoms with van der Waals surface area (Å²) in [6.45, 7) is 0. The van der Waals surface area contributed by atoms with Crippen molar-refractivity contribution in [3.8, 4) is 0 Å². The van der Waals surface area contributed by atoms with Crippen molar-refractivity contribution in [1.82, 2.24) is 9.97 Å². The third-order valence-corrected chi connectivity index (χ3v) is 3.14. The fourth-order valence-corrected chi connectivity index (χ4v) is 2.04. The SMILES string of the molecule is CNc1cc(F)cc(Nc2ncc(C(F)(F)F)c(NC)n2)c1C=N. The van der Waals surface area contributed by atoms with Gasteiger partial charge < -0.3 is 21.4 Å². The molecule has 1 aromatic heterocycles. The van der Waals surface area contributed by atoms with Crippen LogP contribution in [0.2, 0.25) is 0 Å². The lowest BCUT2D eigenvalue weighted by molar-refractivity contribution is -0.137. The second kappa shape index (κ2) is 6.69. The molecule has 0 spiro atoms. The Bertz CT molecular complexity index is 760. The van der Waals surface area contributed by atoms with Gasteiger partial charge in [-0.25, -0.2) is 9.37 Å². The minimum absolute atomic E-state index is 0.149. The fraction of sp³-hybridized carbons (Fsp3) is 0.214. The van der Waals surface area contributed by atoms with Crippen molar-refractivity contribution in [2.24, 2.45) is 0 Å². The quantitative estimate of drug-likeness (QED) is 0.494. The van der Waals surface area contributed by atoms with Gasteiger partial charge in [0, 0.05) is 37.8 Å². The summed E-state index contributed by atoms with van der Waals surface area (Å²) < 4.78 is 52.2. The first-order chi connectivity index (χ1) is 11.3. The Labute approximate surface area is 134 Å². The maximum atomic E-state index is 13.6. The zero-order chi connectivity index (χ0) is 17.9. The van der Waals surface area contributed by atoms with Gasteiger partial charge >= 0.3 is 6.18 Å². The Morgan fingerprint density at radius 2 is 1.79 bits per heavy atom. The van der Waals surface area contributed by atoms with E-state index in [-0.39, 0.29) is 11.6 Å². The molecule has 24 heavy (non-hydrogen) atoms. The maximum Gasteiger partial charge on any atom is 0.421 e.